The van der Waals surface area contributed by atoms with Crippen LogP contribution in [0.5, 0.6) is 0 Å². The van der Waals surface area contributed by atoms with Crippen molar-refractivity contribution in [2.75, 3.05) is 17.2 Å². The molecule has 2 aromatic heterocycles. The van der Waals surface area contributed by atoms with Gasteiger partial charge in [0.1, 0.15) is 5.82 Å². The van der Waals surface area contributed by atoms with E-state index in [1.165, 1.54) is 0 Å². The number of rotatable bonds is 6. The van der Waals surface area contributed by atoms with E-state index < -0.39 is 0 Å². The molecule has 0 unspecified atom stereocenters. The molecule has 0 saturated heterocycles. The number of benzene rings is 1. The Morgan fingerprint density at radius 2 is 2.16 bits per heavy atom. The van der Waals surface area contributed by atoms with E-state index in [0.29, 0.717) is 11.8 Å². The number of hydrogen-bond donors (Lipinski definition) is 3. The van der Waals surface area contributed by atoms with Gasteiger partial charge in [-0.05, 0) is 24.6 Å². The largest absolute Gasteiger partial charge is 0.394 e. The summed E-state index contributed by atoms with van der Waals surface area (Å²) in [4.78, 5) is 8.81. The van der Waals surface area contributed by atoms with E-state index in [9.17, 15) is 5.11 Å². The van der Waals surface area contributed by atoms with Crippen molar-refractivity contribution in [3.63, 3.8) is 0 Å². The molecule has 0 aliphatic carbocycles. The van der Waals surface area contributed by atoms with Crippen LogP contribution in [-0.4, -0.2) is 31.5 Å². The zero-order valence-corrected chi connectivity index (χ0v) is 15.5. The third-order valence-corrected chi connectivity index (χ3v) is 4.17. The molecule has 0 aliphatic rings. The maximum Gasteiger partial charge on any atom is 0.229 e. The van der Waals surface area contributed by atoms with Gasteiger partial charge in [-0.2, -0.15) is 10.1 Å². The third kappa shape index (κ3) is 4.34. The van der Waals surface area contributed by atoms with Gasteiger partial charge in [0.05, 0.1) is 24.5 Å². The van der Waals surface area contributed by atoms with E-state index >= 15 is 0 Å². The van der Waals surface area contributed by atoms with E-state index in [4.69, 9.17) is 0 Å². The average molecular weight is 403 g/mol. The molecule has 25 heavy (non-hydrogen) atoms. The quantitative estimate of drug-likeness (QED) is 0.586. The smallest absolute Gasteiger partial charge is 0.229 e. The highest BCUT2D eigenvalue weighted by Crippen LogP contribution is 2.24. The molecular weight excluding hydrogens is 384 g/mol. The van der Waals surface area contributed by atoms with Crippen LogP contribution >= 0.6 is 15.9 Å². The lowest BCUT2D eigenvalue weighted by molar-refractivity contribution is 0.276. The average Bonchev–Trinajstić information content (AvgIpc) is 3.00. The molecule has 7 nitrogen and oxygen atoms in total. The summed E-state index contributed by atoms with van der Waals surface area (Å²) >= 11 is 3.46. The summed E-state index contributed by atoms with van der Waals surface area (Å²) in [5.74, 6) is 1.13. The van der Waals surface area contributed by atoms with Gasteiger partial charge in [0.25, 0.3) is 0 Å². The van der Waals surface area contributed by atoms with Crippen molar-refractivity contribution in [1.29, 1.82) is 0 Å². The van der Waals surface area contributed by atoms with Crippen LogP contribution in [0.3, 0.4) is 0 Å². The van der Waals surface area contributed by atoms with Crippen LogP contribution in [0.15, 0.2) is 47.3 Å². The molecule has 130 valence electrons. The van der Waals surface area contributed by atoms with Gasteiger partial charge in [-0.25, -0.2) is 4.98 Å². The van der Waals surface area contributed by atoms with Gasteiger partial charge >= 0.3 is 0 Å². The van der Waals surface area contributed by atoms with Crippen molar-refractivity contribution >= 4 is 33.4 Å². The number of aryl methyl sites for hydroxylation is 2. The molecule has 3 aromatic rings. The topological polar surface area (TPSA) is 87.9 Å². The summed E-state index contributed by atoms with van der Waals surface area (Å²) in [6.45, 7) is 1.87. The fourth-order valence-electron chi connectivity index (χ4n) is 2.39. The summed E-state index contributed by atoms with van der Waals surface area (Å²) < 4.78 is 2.66. The van der Waals surface area contributed by atoms with Crippen molar-refractivity contribution in [1.82, 2.24) is 19.7 Å². The van der Waals surface area contributed by atoms with Crippen LogP contribution < -0.4 is 10.6 Å². The Labute approximate surface area is 154 Å². The molecule has 0 bridgehead atoms. The van der Waals surface area contributed by atoms with E-state index in [0.717, 1.165) is 21.3 Å². The number of halogens is 1. The molecule has 1 atom stereocenters. The Hall–Kier alpha value is -2.45. The summed E-state index contributed by atoms with van der Waals surface area (Å²) in [5, 5.41) is 20.3. The second kappa shape index (κ2) is 7.62. The van der Waals surface area contributed by atoms with Gasteiger partial charge < -0.3 is 15.7 Å². The van der Waals surface area contributed by atoms with Crippen LogP contribution in [0.2, 0.25) is 0 Å². The van der Waals surface area contributed by atoms with Gasteiger partial charge in [-0.15, -0.1) is 0 Å². The van der Waals surface area contributed by atoms with E-state index in [-0.39, 0.29) is 12.6 Å². The predicted octanol–water partition coefficient (Wildman–Crippen LogP) is 3.17. The first-order chi connectivity index (χ1) is 12.0. The summed E-state index contributed by atoms with van der Waals surface area (Å²) in [6.07, 6.45) is 5.28. The number of hydrogen-bond acceptors (Lipinski definition) is 6. The maximum absolute atomic E-state index is 9.78. The van der Waals surface area contributed by atoms with Gasteiger partial charge in [0.15, 0.2) is 0 Å². The highest BCUT2D eigenvalue weighted by atomic mass is 79.9. The van der Waals surface area contributed by atoms with Crippen LogP contribution in [0.25, 0.3) is 0 Å². The molecule has 1 aromatic carbocycles. The Bertz CT molecular complexity index is 866. The van der Waals surface area contributed by atoms with E-state index in [2.05, 4.69) is 41.6 Å². The molecule has 2 heterocycles. The first kappa shape index (κ1) is 17.4. The minimum absolute atomic E-state index is 0.0503. The van der Waals surface area contributed by atoms with Crippen LogP contribution in [0, 0.1) is 6.92 Å². The number of nitrogens with zero attached hydrogens (tertiary/aromatic N) is 4. The molecule has 3 rings (SSSR count). The minimum atomic E-state index is -0.266. The first-order valence-electron chi connectivity index (χ1n) is 7.77. The lowest BCUT2D eigenvalue weighted by Gasteiger charge is -2.19. The molecule has 0 saturated carbocycles. The summed E-state index contributed by atoms with van der Waals surface area (Å²) in [7, 11) is 1.85. The molecule has 0 amide bonds. The van der Waals surface area contributed by atoms with Crippen molar-refractivity contribution in [2.45, 2.75) is 13.0 Å². The molecular formula is C17H19BrN6O. The SMILES string of the molecule is Cc1cnc(Nc2cnn(C)c2)nc1N[C@H](CO)c1cccc(Br)c1. The summed E-state index contributed by atoms with van der Waals surface area (Å²) in [6, 6.07) is 7.55. The van der Waals surface area contributed by atoms with Gasteiger partial charge in [0.2, 0.25) is 5.95 Å². The van der Waals surface area contributed by atoms with Crippen molar-refractivity contribution < 1.29 is 5.11 Å². The second-order valence-corrected chi connectivity index (χ2v) is 6.60. The van der Waals surface area contributed by atoms with Crippen LogP contribution in [0.4, 0.5) is 17.5 Å². The highest BCUT2D eigenvalue weighted by Gasteiger charge is 2.14. The third-order valence-electron chi connectivity index (χ3n) is 3.68. The zero-order chi connectivity index (χ0) is 17.8. The van der Waals surface area contributed by atoms with Gasteiger partial charge in [0, 0.05) is 29.5 Å². The number of nitrogens with one attached hydrogen (secondary N) is 2. The van der Waals surface area contributed by atoms with Crippen molar-refractivity contribution in [3.05, 3.63) is 58.5 Å². The van der Waals surface area contributed by atoms with Crippen LogP contribution in [0.1, 0.15) is 17.2 Å². The molecule has 0 fully saturated rings. The number of anilines is 3. The summed E-state index contributed by atoms with van der Waals surface area (Å²) in [5.41, 5.74) is 2.67. The number of aliphatic hydroxyl groups is 1. The molecule has 8 heteroatoms. The molecule has 0 aliphatic heterocycles. The van der Waals surface area contributed by atoms with Crippen LogP contribution in [-0.2, 0) is 7.05 Å². The van der Waals surface area contributed by atoms with Gasteiger partial charge in [-0.1, -0.05) is 28.1 Å². The first-order valence-corrected chi connectivity index (χ1v) is 8.56. The fraction of sp³-hybridized carbons (Fsp3) is 0.235. The minimum Gasteiger partial charge on any atom is -0.394 e. The lowest BCUT2D eigenvalue weighted by atomic mass is 10.1. The zero-order valence-electron chi connectivity index (χ0n) is 13.9. The normalized spacial score (nSPS) is 12.0. The van der Waals surface area contributed by atoms with Crippen molar-refractivity contribution in [2.24, 2.45) is 7.05 Å². The van der Waals surface area contributed by atoms with E-state index in [1.54, 1.807) is 17.1 Å². The Morgan fingerprint density at radius 1 is 1.32 bits per heavy atom. The second-order valence-electron chi connectivity index (χ2n) is 5.69. The Morgan fingerprint density at radius 3 is 2.84 bits per heavy atom. The molecule has 3 N–H and O–H groups in total. The number of aliphatic hydroxyl groups excluding tert-OH is 1. The standard InChI is InChI=1S/C17H19BrN6O/c1-11-7-19-17(21-14-8-20-24(2)9-14)23-16(11)22-15(10-25)12-4-3-5-13(18)6-12/h3-9,15,25H,10H2,1-2H3,(H2,19,21,22,23)/t15-/m1/s1. The van der Waals surface area contributed by atoms with E-state index in [1.807, 2.05) is 44.4 Å². The van der Waals surface area contributed by atoms with Crippen molar-refractivity contribution in [3.8, 4) is 0 Å². The molecule has 0 radical (unpaired) electrons. The lowest BCUT2D eigenvalue weighted by Crippen LogP contribution is -2.17. The fourth-order valence-corrected chi connectivity index (χ4v) is 2.80. The van der Waals surface area contributed by atoms with Gasteiger partial charge in [-0.3, -0.25) is 4.68 Å². The maximum atomic E-state index is 9.78. The Kier molecular flexibility index (Phi) is 5.30. The monoisotopic (exact) mass is 402 g/mol. The Balaban J connectivity index is 1.82. The number of aromatic nitrogens is 4. The highest BCUT2D eigenvalue weighted by molar-refractivity contribution is 9.10. The molecule has 0 spiro atoms. The predicted molar refractivity (Wildman–Crippen MR) is 101 cm³/mol.